The first-order valence-electron chi connectivity index (χ1n) is 5.56. The third-order valence-electron chi connectivity index (χ3n) is 2.15. The zero-order valence-corrected chi connectivity index (χ0v) is 10.7. The second-order valence-corrected chi connectivity index (χ2v) is 3.93. The lowest BCUT2D eigenvalue weighted by atomic mass is 10.2. The van der Waals surface area contributed by atoms with E-state index in [0.717, 1.165) is 0 Å². The van der Waals surface area contributed by atoms with E-state index in [9.17, 15) is 4.79 Å². The standard InChI is InChI=1S/C13H16N2O3/c1-9(2)18-8-13(16)15-11-5-4-10(7-14)6-12(11)17-3/h4-6,9H,8H2,1-3H3,(H,15,16). The molecule has 0 radical (unpaired) electrons. The number of rotatable bonds is 5. The summed E-state index contributed by atoms with van der Waals surface area (Å²) in [5.74, 6) is 0.193. The van der Waals surface area contributed by atoms with Crippen LogP contribution in [0.4, 0.5) is 5.69 Å². The molecule has 0 unspecified atom stereocenters. The van der Waals surface area contributed by atoms with Crippen molar-refractivity contribution in [3.05, 3.63) is 23.8 Å². The number of anilines is 1. The van der Waals surface area contributed by atoms with Crippen molar-refractivity contribution in [3.8, 4) is 11.8 Å². The first-order chi connectivity index (χ1) is 8.56. The number of nitriles is 1. The fraction of sp³-hybridized carbons (Fsp3) is 0.385. The zero-order valence-electron chi connectivity index (χ0n) is 10.7. The maximum atomic E-state index is 11.6. The van der Waals surface area contributed by atoms with Crippen molar-refractivity contribution >= 4 is 11.6 Å². The summed E-state index contributed by atoms with van der Waals surface area (Å²) in [6.07, 6.45) is -0.00129. The topological polar surface area (TPSA) is 71.3 Å². The van der Waals surface area contributed by atoms with Gasteiger partial charge in [0.15, 0.2) is 0 Å². The van der Waals surface area contributed by atoms with Gasteiger partial charge in [-0.15, -0.1) is 0 Å². The SMILES string of the molecule is COc1cc(C#N)ccc1NC(=O)COC(C)C. The minimum absolute atomic E-state index is 0.00129. The van der Waals surface area contributed by atoms with E-state index in [1.807, 2.05) is 19.9 Å². The minimum atomic E-state index is -0.258. The van der Waals surface area contributed by atoms with Crippen molar-refractivity contribution in [2.24, 2.45) is 0 Å². The van der Waals surface area contributed by atoms with Gasteiger partial charge in [0, 0.05) is 6.07 Å². The molecular formula is C13H16N2O3. The van der Waals surface area contributed by atoms with Crippen molar-refractivity contribution < 1.29 is 14.3 Å². The van der Waals surface area contributed by atoms with Crippen molar-refractivity contribution in [1.29, 1.82) is 5.26 Å². The van der Waals surface area contributed by atoms with Crippen LogP contribution in [0.1, 0.15) is 19.4 Å². The van der Waals surface area contributed by atoms with E-state index in [0.29, 0.717) is 17.0 Å². The average Bonchev–Trinajstić information content (AvgIpc) is 2.36. The molecule has 0 saturated heterocycles. The molecule has 0 spiro atoms. The fourth-order valence-electron chi connectivity index (χ4n) is 1.29. The molecule has 0 aliphatic rings. The van der Waals surface area contributed by atoms with Gasteiger partial charge in [-0.3, -0.25) is 4.79 Å². The van der Waals surface area contributed by atoms with Gasteiger partial charge in [0.05, 0.1) is 30.5 Å². The number of nitrogens with one attached hydrogen (secondary N) is 1. The van der Waals surface area contributed by atoms with Crippen LogP contribution < -0.4 is 10.1 Å². The Morgan fingerprint density at radius 1 is 1.50 bits per heavy atom. The Kier molecular flexibility index (Phi) is 5.15. The molecule has 0 atom stereocenters. The normalized spacial score (nSPS) is 9.94. The lowest BCUT2D eigenvalue weighted by Crippen LogP contribution is -2.21. The van der Waals surface area contributed by atoms with Crippen LogP contribution in [-0.2, 0) is 9.53 Å². The van der Waals surface area contributed by atoms with Crippen molar-refractivity contribution in [2.75, 3.05) is 19.0 Å². The van der Waals surface area contributed by atoms with E-state index in [-0.39, 0.29) is 18.6 Å². The second kappa shape index (κ2) is 6.62. The number of methoxy groups -OCH3 is 1. The van der Waals surface area contributed by atoms with Crippen LogP contribution in [0.3, 0.4) is 0 Å². The number of benzene rings is 1. The number of ether oxygens (including phenoxy) is 2. The summed E-state index contributed by atoms with van der Waals surface area (Å²) in [6, 6.07) is 6.82. The van der Waals surface area contributed by atoms with Crippen molar-refractivity contribution in [1.82, 2.24) is 0 Å². The maximum absolute atomic E-state index is 11.6. The van der Waals surface area contributed by atoms with Crippen LogP contribution in [0.2, 0.25) is 0 Å². The fourth-order valence-corrected chi connectivity index (χ4v) is 1.29. The van der Waals surface area contributed by atoms with Crippen LogP contribution in [-0.4, -0.2) is 25.7 Å². The van der Waals surface area contributed by atoms with Gasteiger partial charge < -0.3 is 14.8 Å². The quantitative estimate of drug-likeness (QED) is 0.864. The highest BCUT2D eigenvalue weighted by atomic mass is 16.5. The second-order valence-electron chi connectivity index (χ2n) is 3.93. The minimum Gasteiger partial charge on any atom is -0.495 e. The molecule has 96 valence electrons. The van der Waals surface area contributed by atoms with Crippen molar-refractivity contribution in [3.63, 3.8) is 0 Å². The summed E-state index contributed by atoms with van der Waals surface area (Å²) < 4.78 is 10.3. The number of hydrogen-bond acceptors (Lipinski definition) is 4. The molecule has 0 saturated carbocycles. The van der Waals surface area contributed by atoms with Gasteiger partial charge in [-0.05, 0) is 26.0 Å². The Hall–Kier alpha value is -2.06. The predicted octanol–water partition coefficient (Wildman–Crippen LogP) is 1.93. The molecule has 5 heteroatoms. The monoisotopic (exact) mass is 248 g/mol. The lowest BCUT2D eigenvalue weighted by molar-refractivity contribution is -0.121. The summed E-state index contributed by atoms with van der Waals surface area (Å²) in [4.78, 5) is 11.6. The summed E-state index contributed by atoms with van der Waals surface area (Å²) >= 11 is 0. The highest BCUT2D eigenvalue weighted by Crippen LogP contribution is 2.25. The number of amides is 1. The van der Waals surface area contributed by atoms with Crippen LogP contribution in [0, 0.1) is 11.3 Å². The zero-order chi connectivity index (χ0) is 13.5. The molecule has 1 rings (SSSR count). The Balaban J connectivity index is 2.72. The summed E-state index contributed by atoms with van der Waals surface area (Å²) in [5.41, 5.74) is 0.997. The number of nitrogens with zero attached hydrogens (tertiary/aromatic N) is 1. The molecule has 0 heterocycles. The number of carbonyl (C=O) groups excluding carboxylic acids is 1. The van der Waals surface area contributed by atoms with Gasteiger partial charge >= 0.3 is 0 Å². The smallest absolute Gasteiger partial charge is 0.250 e. The number of hydrogen-bond donors (Lipinski definition) is 1. The molecule has 0 fully saturated rings. The van der Waals surface area contributed by atoms with E-state index in [1.165, 1.54) is 7.11 Å². The first kappa shape index (κ1) is 14.0. The van der Waals surface area contributed by atoms with E-state index in [4.69, 9.17) is 14.7 Å². The molecule has 1 N–H and O–H groups in total. The molecule has 0 aliphatic carbocycles. The van der Waals surface area contributed by atoms with Crippen LogP contribution in [0.15, 0.2) is 18.2 Å². The van der Waals surface area contributed by atoms with Gasteiger partial charge in [0.25, 0.3) is 0 Å². The summed E-state index contributed by atoms with van der Waals surface area (Å²) in [5, 5.41) is 11.4. The highest BCUT2D eigenvalue weighted by molar-refractivity contribution is 5.93. The van der Waals surface area contributed by atoms with E-state index in [2.05, 4.69) is 5.32 Å². The Morgan fingerprint density at radius 3 is 2.78 bits per heavy atom. The van der Waals surface area contributed by atoms with E-state index in [1.54, 1.807) is 18.2 Å². The molecule has 0 aliphatic heterocycles. The van der Waals surface area contributed by atoms with E-state index < -0.39 is 0 Å². The van der Waals surface area contributed by atoms with Gasteiger partial charge in [-0.25, -0.2) is 0 Å². The molecule has 0 bridgehead atoms. The molecule has 18 heavy (non-hydrogen) atoms. The lowest BCUT2D eigenvalue weighted by Gasteiger charge is -2.11. The molecule has 5 nitrogen and oxygen atoms in total. The molecular weight excluding hydrogens is 232 g/mol. The van der Waals surface area contributed by atoms with Gasteiger partial charge in [-0.2, -0.15) is 5.26 Å². The third-order valence-corrected chi connectivity index (χ3v) is 2.15. The van der Waals surface area contributed by atoms with Crippen LogP contribution >= 0.6 is 0 Å². The highest BCUT2D eigenvalue weighted by Gasteiger charge is 2.09. The molecule has 0 aromatic heterocycles. The van der Waals surface area contributed by atoms with Crippen LogP contribution in [0.5, 0.6) is 5.75 Å². The Labute approximate surface area is 106 Å². The Morgan fingerprint density at radius 2 is 2.22 bits per heavy atom. The van der Waals surface area contributed by atoms with Gasteiger partial charge in [0.1, 0.15) is 12.4 Å². The molecule has 1 aromatic rings. The average molecular weight is 248 g/mol. The van der Waals surface area contributed by atoms with Gasteiger partial charge in [-0.1, -0.05) is 0 Å². The summed E-state index contributed by atoms with van der Waals surface area (Å²) in [7, 11) is 1.48. The summed E-state index contributed by atoms with van der Waals surface area (Å²) in [6.45, 7) is 3.70. The third kappa shape index (κ3) is 4.07. The predicted molar refractivity (Wildman–Crippen MR) is 67.4 cm³/mol. The number of carbonyl (C=O) groups is 1. The van der Waals surface area contributed by atoms with E-state index >= 15 is 0 Å². The maximum Gasteiger partial charge on any atom is 0.250 e. The van der Waals surface area contributed by atoms with Gasteiger partial charge in [0.2, 0.25) is 5.91 Å². The molecule has 1 amide bonds. The first-order valence-corrected chi connectivity index (χ1v) is 5.56. The Bertz CT molecular complexity index is 464. The molecule has 1 aromatic carbocycles. The largest absolute Gasteiger partial charge is 0.495 e. The van der Waals surface area contributed by atoms with Crippen molar-refractivity contribution in [2.45, 2.75) is 20.0 Å². The van der Waals surface area contributed by atoms with Crippen LogP contribution in [0.25, 0.3) is 0 Å².